The third-order valence-electron chi connectivity index (χ3n) is 4.65. The van der Waals surface area contributed by atoms with Crippen molar-refractivity contribution in [2.45, 2.75) is 83.7 Å². The van der Waals surface area contributed by atoms with E-state index in [0.29, 0.717) is 5.92 Å². The SMILES string of the molecule is CCCCCCCN1C(=O)C(CCC)NC(=O)C1C1CC1. The Bertz CT molecular complexity index is 366. The van der Waals surface area contributed by atoms with E-state index in [9.17, 15) is 9.59 Å². The third-order valence-corrected chi connectivity index (χ3v) is 4.65. The summed E-state index contributed by atoms with van der Waals surface area (Å²) in [6.07, 6.45) is 9.79. The van der Waals surface area contributed by atoms with Crippen LogP contribution in [0.2, 0.25) is 0 Å². The summed E-state index contributed by atoms with van der Waals surface area (Å²) >= 11 is 0. The number of piperazine rings is 1. The number of hydrogen-bond donors (Lipinski definition) is 1. The van der Waals surface area contributed by atoms with Crippen molar-refractivity contribution in [1.29, 1.82) is 0 Å². The molecule has 0 radical (unpaired) electrons. The fraction of sp³-hybridized carbons (Fsp3) is 0.882. The van der Waals surface area contributed by atoms with Gasteiger partial charge in [0.2, 0.25) is 11.8 Å². The molecule has 21 heavy (non-hydrogen) atoms. The molecule has 1 saturated carbocycles. The molecule has 0 bridgehead atoms. The van der Waals surface area contributed by atoms with Crippen LogP contribution in [0.3, 0.4) is 0 Å². The Morgan fingerprint density at radius 2 is 1.76 bits per heavy atom. The van der Waals surface area contributed by atoms with Crippen LogP contribution >= 0.6 is 0 Å². The van der Waals surface area contributed by atoms with Gasteiger partial charge in [0.15, 0.2) is 0 Å². The van der Waals surface area contributed by atoms with Crippen LogP contribution in [0.25, 0.3) is 0 Å². The smallest absolute Gasteiger partial charge is 0.245 e. The Morgan fingerprint density at radius 3 is 2.38 bits per heavy atom. The molecule has 1 N–H and O–H groups in total. The minimum absolute atomic E-state index is 0.0871. The van der Waals surface area contributed by atoms with Crippen molar-refractivity contribution in [3.05, 3.63) is 0 Å². The maximum Gasteiger partial charge on any atom is 0.245 e. The maximum absolute atomic E-state index is 12.6. The number of hydrogen-bond acceptors (Lipinski definition) is 2. The van der Waals surface area contributed by atoms with Crippen LogP contribution in [-0.4, -0.2) is 35.3 Å². The van der Waals surface area contributed by atoms with E-state index in [1.54, 1.807) is 0 Å². The average Bonchev–Trinajstić information content (AvgIpc) is 3.28. The Kier molecular flexibility index (Phi) is 6.07. The zero-order valence-corrected chi connectivity index (χ0v) is 13.6. The van der Waals surface area contributed by atoms with Gasteiger partial charge >= 0.3 is 0 Å². The molecule has 2 unspecified atom stereocenters. The van der Waals surface area contributed by atoms with Gasteiger partial charge in [-0.25, -0.2) is 0 Å². The maximum atomic E-state index is 12.6. The fourth-order valence-corrected chi connectivity index (χ4v) is 3.30. The lowest BCUT2D eigenvalue weighted by atomic mass is 9.99. The Balaban J connectivity index is 1.93. The highest BCUT2D eigenvalue weighted by Crippen LogP contribution is 2.37. The quantitative estimate of drug-likeness (QED) is 0.665. The second-order valence-corrected chi connectivity index (χ2v) is 6.58. The summed E-state index contributed by atoms with van der Waals surface area (Å²) in [6.45, 7) is 5.02. The number of carbonyl (C=O) groups is 2. The zero-order chi connectivity index (χ0) is 15.2. The van der Waals surface area contributed by atoms with Crippen molar-refractivity contribution in [2.75, 3.05) is 6.54 Å². The van der Waals surface area contributed by atoms with Crippen molar-refractivity contribution in [3.8, 4) is 0 Å². The van der Waals surface area contributed by atoms with Crippen LogP contribution in [0.5, 0.6) is 0 Å². The summed E-state index contributed by atoms with van der Waals surface area (Å²) in [5.74, 6) is 0.653. The molecule has 2 rings (SSSR count). The minimum atomic E-state index is -0.284. The molecule has 0 aromatic heterocycles. The number of rotatable bonds is 9. The molecule has 0 spiro atoms. The average molecular weight is 294 g/mol. The van der Waals surface area contributed by atoms with Crippen molar-refractivity contribution < 1.29 is 9.59 Å². The summed E-state index contributed by atoms with van der Waals surface area (Å²) < 4.78 is 0. The van der Waals surface area contributed by atoms with Crippen LogP contribution < -0.4 is 5.32 Å². The van der Waals surface area contributed by atoms with Gasteiger partial charge in [0, 0.05) is 6.54 Å². The first-order valence-corrected chi connectivity index (χ1v) is 8.79. The summed E-state index contributed by atoms with van der Waals surface area (Å²) in [4.78, 5) is 26.9. The Morgan fingerprint density at radius 1 is 1.05 bits per heavy atom. The van der Waals surface area contributed by atoms with Crippen molar-refractivity contribution in [3.63, 3.8) is 0 Å². The molecule has 120 valence electrons. The van der Waals surface area contributed by atoms with E-state index in [4.69, 9.17) is 0 Å². The van der Waals surface area contributed by atoms with E-state index in [2.05, 4.69) is 19.2 Å². The molecule has 1 heterocycles. The van der Waals surface area contributed by atoms with Gasteiger partial charge in [0.25, 0.3) is 0 Å². The summed E-state index contributed by atoms with van der Waals surface area (Å²) in [7, 11) is 0. The molecule has 2 atom stereocenters. The molecule has 0 aromatic carbocycles. The molecule has 2 amide bonds. The lowest BCUT2D eigenvalue weighted by molar-refractivity contribution is -0.150. The van der Waals surface area contributed by atoms with Crippen LogP contribution in [0.1, 0.15) is 71.6 Å². The van der Waals surface area contributed by atoms with Gasteiger partial charge in [0.1, 0.15) is 12.1 Å². The first-order chi connectivity index (χ1) is 10.2. The van der Waals surface area contributed by atoms with Crippen molar-refractivity contribution >= 4 is 11.8 Å². The molecule has 4 nitrogen and oxygen atoms in total. The number of unbranched alkanes of at least 4 members (excludes halogenated alkanes) is 4. The predicted octanol–water partition coefficient (Wildman–Crippen LogP) is 2.86. The monoisotopic (exact) mass is 294 g/mol. The first-order valence-electron chi connectivity index (χ1n) is 8.79. The second kappa shape index (κ2) is 7.81. The van der Waals surface area contributed by atoms with E-state index in [1.165, 1.54) is 19.3 Å². The van der Waals surface area contributed by atoms with Crippen LogP contribution in [0, 0.1) is 5.92 Å². The van der Waals surface area contributed by atoms with Gasteiger partial charge in [0.05, 0.1) is 0 Å². The molecule has 1 aliphatic heterocycles. The van der Waals surface area contributed by atoms with Gasteiger partial charge in [-0.05, 0) is 31.6 Å². The third kappa shape index (κ3) is 4.21. The van der Waals surface area contributed by atoms with Crippen LogP contribution in [-0.2, 0) is 9.59 Å². The molecular weight excluding hydrogens is 264 g/mol. The van der Waals surface area contributed by atoms with Crippen molar-refractivity contribution in [2.24, 2.45) is 5.92 Å². The first kappa shape index (κ1) is 16.3. The zero-order valence-electron chi connectivity index (χ0n) is 13.6. The highest BCUT2D eigenvalue weighted by atomic mass is 16.2. The van der Waals surface area contributed by atoms with Gasteiger partial charge in [-0.1, -0.05) is 46.0 Å². The largest absolute Gasteiger partial charge is 0.342 e. The topological polar surface area (TPSA) is 49.4 Å². The normalized spacial score (nSPS) is 26.1. The highest BCUT2D eigenvalue weighted by Gasteiger charge is 2.47. The van der Waals surface area contributed by atoms with Gasteiger partial charge in [-0.2, -0.15) is 0 Å². The van der Waals surface area contributed by atoms with Crippen LogP contribution in [0.4, 0.5) is 0 Å². The Hall–Kier alpha value is -1.06. The predicted molar refractivity (Wildman–Crippen MR) is 83.8 cm³/mol. The highest BCUT2D eigenvalue weighted by molar-refractivity contribution is 5.97. The molecular formula is C17H30N2O2. The number of nitrogens with zero attached hydrogens (tertiary/aromatic N) is 1. The second-order valence-electron chi connectivity index (χ2n) is 6.58. The standard InChI is InChI=1S/C17H30N2O2/c1-3-5-6-7-8-12-19-15(13-10-11-13)16(20)18-14(9-4-2)17(19)21/h13-15H,3-12H2,1-2H3,(H,18,20). The molecule has 0 aromatic rings. The molecule has 1 saturated heterocycles. The van der Waals surface area contributed by atoms with Gasteiger partial charge in [-0.3, -0.25) is 9.59 Å². The molecule has 2 aliphatic rings. The molecule has 4 heteroatoms. The molecule has 2 fully saturated rings. The lowest BCUT2D eigenvalue weighted by Crippen LogP contribution is -2.64. The van der Waals surface area contributed by atoms with E-state index in [0.717, 1.165) is 45.1 Å². The summed E-state index contributed by atoms with van der Waals surface area (Å²) in [5.41, 5.74) is 0. The summed E-state index contributed by atoms with van der Waals surface area (Å²) in [6, 6.07) is -0.468. The van der Waals surface area contributed by atoms with Gasteiger partial charge in [-0.15, -0.1) is 0 Å². The van der Waals surface area contributed by atoms with E-state index >= 15 is 0 Å². The summed E-state index contributed by atoms with van der Waals surface area (Å²) in [5, 5.41) is 2.95. The number of amides is 2. The lowest BCUT2D eigenvalue weighted by Gasteiger charge is -2.39. The van der Waals surface area contributed by atoms with Gasteiger partial charge < -0.3 is 10.2 Å². The molecule has 1 aliphatic carbocycles. The van der Waals surface area contributed by atoms with E-state index in [1.807, 2.05) is 4.90 Å². The Labute approximate surface area is 128 Å². The van der Waals surface area contributed by atoms with Crippen molar-refractivity contribution in [1.82, 2.24) is 10.2 Å². The van der Waals surface area contributed by atoms with Crippen LogP contribution in [0.15, 0.2) is 0 Å². The number of carbonyl (C=O) groups excluding carboxylic acids is 2. The fourth-order valence-electron chi connectivity index (χ4n) is 3.30. The minimum Gasteiger partial charge on any atom is -0.342 e. The number of nitrogens with one attached hydrogen (secondary N) is 1. The van der Waals surface area contributed by atoms with E-state index in [-0.39, 0.29) is 23.9 Å². The van der Waals surface area contributed by atoms with E-state index < -0.39 is 0 Å².